The normalized spacial score (nSPS) is 8.17. The van der Waals surface area contributed by atoms with Crippen LogP contribution in [0.15, 0.2) is 0 Å². The van der Waals surface area contributed by atoms with Gasteiger partial charge in [0.05, 0.1) is 0 Å². The van der Waals surface area contributed by atoms with Gasteiger partial charge in [-0.25, -0.2) is 0 Å². The number of hydrogen-bond donors (Lipinski definition) is 0. The maximum absolute atomic E-state index is 9.58. The Balaban J connectivity index is 2.49. The summed E-state index contributed by atoms with van der Waals surface area (Å²) in [7, 11) is 0. The molecule has 0 amide bonds. The molecule has 0 saturated carbocycles. The van der Waals surface area contributed by atoms with Gasteiger partial charge < -0.3 is 0 Å². The van der Waals surface area contributed by atoms with Crippen molar-refractivity contribution in [1.82, 2.24) is 0 Å². The van der Waals surface area contributed by atoms with E-state index in [9.17, 15) is 4.79 Å². The second-order valence-electron chi connectivity index (χ2n) is 1.10. The fourth-order valence-corrected chi connectivity index (χ4v) is 0.874. The Morgan fingerprint density at radius 1 is 1.67 bits per heavy atom. The van der Waals surface area contributed by atoms with E-state index in [0.717, 1.165) is 19.1 Å². The molecule has 0 aromatic heterocycles. The summed E-state index contributed by atoms with van der Waals surface area (Å²) in [6.45, 7) is 0. The summed E-state index contributed by atoms with van der Waals surface area (Å²) in [5, 5.41) is 0. The minimum atomic E-state index is 0.765. The molecule has 1 nitrogen and oxygen atoms in total. The molecule has 6 heavy (non-hydrogen) atoms. The van der Waals surface area contributed by atoms with Crippen LogP contribution in [0.1, 0.15) is 12.8 Å². The molecule has 0 saturated heterocycles. The third kappa shape index (κ3) is 4.49. The van der Waals surface area contributed by atoms with Crippen molar-refractivity contribution in [3.63, 3.8) is 0 Å². The molecule has 0 unspecified atom stereocenters. The van der Waals surface area contributed by atoms with Crippen LogP contribution >= 0.6 is 0 Å². The third-order valence-electron chi connectivity index (χ3n) is 0.526. The van der Waals surface area contributed by atoms with Gasteiger partial charge in [0.1, 0.15) is 0 Å². The van der Waals surface area contributed by atoms with Gasteiger partial charge in [-0.2, -0.15) is 0 Å². The standard InChI is InChI=1S/C4H7O.Sb.2H/c1-2-3-4-5;;;/h4H,1-3H2;;;. The fourth-order valence-electron chi connectivity index (χ4n) is 0.201. The number of hydrogen-bond acceptors (Lipinski definition) is 1. The van der Waals surface area contributed by atoms with Crippen LogP contribution in [0.4, 0.5) is 0 Å². The predicted molar refractivity (Wildman–Crippen MR) is 28.6 cm³/mol. The van der Waals surface area contributed by atoms with Gasteiger partial charge in [0, 0.05) is 0 Å². The number of carbonyl (C=O) groups excluding carboxylic acids is 1. The molecule has 0 rings (SSSR count). The van der Waals surface area contributed by atoms with Crippen molar-refractivity contribution in [2.75, 3.05) is 0 Å². The molecule has 0 aliphatic rings. The number of unbranched alkanes of at least 4 members (excludes halogenated alkanes) is 1. The zero-order valence-corrected chi connectivity index (χ0v) is 6.98. The second-order valence-corrected chi connectivity index (χ2v) is 2.75. The zero-order chi connectivity index (χ0) is 4.83. The van der Waals surface area contributed by atoms with Gasteiger partial charge in [0.25, 0.3) is 0 Å². The Morgan fingerprint density at radius 3 is 2.50 bits per heavy atom. The SMILES string of the molecule is O=CCC[CH2][SbH2]. The average Bonchev–Trinajstić information content (AvgIpc) is 1.61. The van der Waals surface area contributed by atoms with Crippen molar-refractivity contribution in [3.8, 4) is 0 Å². The maximum atomic E-state index is 9.58. The van der Waals surface area contributed by atoms with Crippen molar-refractivity contribution >= 4 is 29.3 Å². The second kappa shape index (κ2) is 5.49. The molecule has 0 N–H and O–H groups in total. The molecule has 0 aromatic carbocycles. The summed E-state index contributed by atoms with van der Waals surface area (Å²) in [5.41, 5.74) is 0. The van der Waals surface area contributed by atoms with Crippen LogP contribution in [0.25, 0.3) is 0 Å². The van der Waals surface area contributed by atoms with Crippen molar-refractivity contribution in [1.29, 1.82) is 0 Å². The van der Waals surface area contributed by atoms with Gasteiger partial charge in [-0.3, -0.25) is 0 Å². The minimum absolute atomic E-state index is 0.765. The van der Waals surface area contributed by atoms with Gasteiger partial charge in [-0.1, -0.05) is 0 Å². The topological polar surface area (TPSA) is 17.1 Å². The molecule has 0 spiro atoms. The van der Waals surface area contributed by atoms with E-state index < -0.39 is 0 Å². The van der Waals surface area contributed by atoms with E-state index >= 15 is 0 Å². The zero-order valence-electron chi connectivity index (χ0n) is 3.68. The summed E-state index contributed by atoms with van der Waals surface area (Å²) in [4.78, 5) is 9.58. The first-order valence-electron chi connectivity index (χ1n) is 2.05. The molecule has 0 aliphatic heterocycles. The van der Waals surface area contributed by atoms with Crippen LogP contribution in [-0.4, -0.2) is 29.3 Å². The van der Waals surface area contributed by atoms with E-state index in [0.29, 0.717) is 0 Å². The Hall–Kier alpha value is 0.488. The molecule has 0 heterocycles. The van der Waals surface area contributed by atoms with Gasteiger partial charge in [0.2, 0.25) is 0 Å². The number of rotatable bonds is 3. The van der Waals surface area contributed by atoms with Gasteiger partial charge in [-0.05, 0) is 0 Å². The quantitative estimate of drug-likeness (QED) is 0.352. The number of aldehydes is 1. The van der Waals surface area contributed by atoms with Crippen molar-refractivity contribution in [2.45, 2.75) is 17.2 Å². The first-order valence-corrected chi connectivity index (χ1v) is 4.38. The molecule has 0 fully saturated rings. The van der Waals surface area contributed by atoms with E-state index in [-0.39, 0.29) is 0 Å². The Kier molecular flexibility index (Phi) is 5.93. The van der Waals surface area contributed by atoms with Crippen LogP contribution in [-0.2, 0) is 4.79 Å². The Bertz CT molecular complexity index is 36.5. The Morgan fingerprint density at radius 2 is 2.33 bits per heavy atom. The van der Waals surface area contributed by atoms with Crippen LogP contribution in [0.3, 0.4) is 0 Å². The fraction of sp³-hybridized carbons (Fsp3) is 0.750. The van der Waals surface area contributed by atoms with E-state index in [1.807, 2.05) is 0 Å². The van der Waals surface area contributed by atoms with E-state index in [1.165, 1.54) is 27.4 Å². The third-order valence-corrected chi connectivity index (χ3v) is 1.69. The van der Waals surface area contributed by atoms with E-state index in [2.05, 4.69) is 0 Å². The average molecular weight is 195 g/mol. The summed E-state index contributed by atoms with van der Waals surface area (Å²) in [6.07, 6.45) is 2.85. The molecule has 0 aromatic rings. The Labute approximate surface area is 51.6 Å². The number of carbonyl (C=O) groups is 1. The monoisotopic (exact) mass is 194 g/mol. The van der Waals surface area contributed by atoms with Gasteiger partial charge in [-0.15, -0.1) is 0 Å². The first-order chi connectivity index (χ1) is 2.91. The van der Waals surface area contributed by atoms with E-state index in [1.54, 1.807) is 0 Å². The summed E-state index contributed by atoms with van der Waals surface area (Å²) >= 11 is 1.30. The van der Waals surface area contributed by atoms with Crippen LogP contribution in [0.5, 0.6) is 0 Å². The molecule has 0 atom stereocenters. The summed E-state index contributed by atoms with van der Waals surface area (Å²) in [6, 6.07) is 0. The van der Waals surface area contributed by atoms with Crippen LogP contribution in [0.2, 0.25) is 4.37 Å². The predicted octanol–water partition coefficient (Wildman–Crippen LogP) is 0.0169. The molecule has 36 valence electrons. The van der Waals surface area contributed by atoms with Gasteiger partial charge in [0.15, 0.2) is 0 Å². The van der Waals surface area contributed by atoms with Crippen LogP contribution < -0.4 is 0 Å². The van der Waals surface area contributed by atoms with E-state index in [4.69, 9.17) is 0 Å². The molecule has 0 aliphatic carbocycles. The molecular formula is C4H9OSb. The molecular weight excluding hydrogens is 186 g/mol. The molecule has 2 heteroatoms. The first kappa shape index (κ1) is 6.49. The van der Waals surface area contributed by atoms with Crippen LogP contribution in [0, 0.1) is 0 Å². The van der Waals surface area contributed by atoms with Crippen molar-refractivity contribution in [2.24, 2.45) is 0 Å². The summed E-state index contributed by atoms with van der Waals surface area (Å²) < 4.78 is 1.25. The van der Waals surface area contributed by atoms with Crippen molar-refractivity contribution in [3.05, 3.63) is 0 Å². The van der Waals surface area contributed by atoms with Gasteiger partial charge >= 0.3 is 51.3 Å². The molecule has 0 radical (unpaired) electrons. The summed E-state index contributed by atoms with van der Waals surface area (Å²) in [5.74, 6) is 0. The molecule has 0 bridgehead atoms. The van der Waals surface area contributed by atoms with Crippen molar-refractivity contribution < 1.29 is 4.79 Å².